The summed E-state index contributed by atoms with van der Waals surface area (Å²) >= 11 is 0. The van der Waals surface area contributed by atoms with Gasteiger partial charge < -0.3 is 24.8 Å². The van der Waals surface area contributed by atoms with Gasteiger partial charge in [-0.2, -0.15) is 0 Å². The van der Waals surface area contributed by atoms with Crippen molar-refractivity contribution < 1.29 is 27.4 Å². The quantitative estimate of drug-likeness (QED) is 0.326. The first-order chi connectivity index (χ1) is 13.0. The predicted octanol–water partition coefficient (Wildman–Crippen LogP) is 3.08. The molecule has 0 amide bonds. The van der Waals surface area contributed by atoms with Gasteiger partial charge in [0.2, 0.25) is 0 Å². The number of alkyl halides is 3. The molecule has 9 heteroatoms. The van der Waals surface area contributed by atoms with E-state index in [1.54, 1.807) is 19.2 Å². The number of benzene rings is 1. The van der Waals surface area contributed by atoms with Gasteiger partial charge in [-0.05, 0) is 25.8 Å². The van der Waals surface area contributed by atoms with E-state index in [1.807, 2.05) is 6.92 Å². The summed E-state index contributed by atoms with van der Waals surface area (Å²) in [6.07, 6.45) is -2.96. The molecule has 0 spiro atoms. The molecule has 0 radical (unpaired) electrons. The molecule has 2 N–H and O–H groups in total. The number of unbranched alkanes of at least 4 members (excludes halogenated alkanes) is 1. The number of hydrogen-bond acceptors (Lipinski definition) is 4. The van der Waals surface area contributed by atoms with Crippen molar-refractivity contribution in [3.05, 3.63) is 29.8 Å². The second kappa shape index (κ2) is 13.2. The Labute approximate surface area is 158 Å². The fraction of sp³-hybridized carbons (Fsp3) is 0.611. The van der Waals surface area contributed by atoms with E-state index in [2.05, 4.69) is 20.4 Å². The molecule has 0 aromatic heterocycles. The number of nitrogens with zero attached hydrogens (tertiary/aromatic N) is 1. The van der Waals surface area contributed by atoms with E-state index < -0.39 is 6.36 Å². The summed E-state index contributed by atoms with van der Waals surface area (Å²) in [5, 5.41) is 6.22. The second-order valence-corrected chi connectivity index (χ2v) is 5.59. The van der Waals surface area contributed by atoms with Crippen LogP contribution in [-0.2, 0) is 16.0 Å². The summed E-state index contributed by atoms with van der Waals surface area (Å²) in [5.41, 5.74) is 0.360. The number of guanidine groups is 1. The van der Waals surface area contributed by atoms with Crippen LogP contribution in [0.3, 0.4) is 0 Å². The molecular formula is C18H28F3N3O3. The minimum Gasteiger partial charge on any atom is -0.405 e. The molecular weight excluding hydrogens is 363 g/mol. The zero-order chi connectivity index (χ0) is 20.0. The zero-order valence-corrected chi connectivity index (χ0v) is 15.8. The summed E-state index contributed by atoms with van der Waals surface area (Å²) in [4.78, 5) is 4.33. The number of halogens is 3. The summed E-state index contributed by atoms with van der Waals surface area (Å²) in [5.74, 6) is 0.303. The van der Waals surface area contributed by atoms with Gasteiger partial charge in [0.05, 0.1) is 19.8 Å². The van der Waals surface area contributed by atoms with Crippen LogP contribution in [0.4, 0.5) is 13.2 Å². The Morgan fingerprint density at radius 2 is 1.85 bits per heavy atom. The minimum absolute atomic E-state index is 0.0711. The molecule has 0 unspecified atom stereocenters. The third-order valence-corrected chi connectivity index (χ3v) is 3.39. The molecule has 0 aliphatic rings. The van der Waals surface area contributed by atoms with Crippen LogP contribution in [0.5, 0.6) is 5.75 Å². The lowest BCUT2D eigenvalue weighted by atomic mass is 10.2. The van der Waals surface area contributed by atoms with Gasteiger partial charge in [-0.3, -0.25) is 0 Å². The van der Waals surface area contributed by atoms with Crippen molar-refractivity contribution in [3.63, 3.8) is 0 Å². The van der Waals surface area contributed by atoms with Crippen molar-refractivity contribution in [2.75, 3.05) is 40.0 Å². The highest BCUT2D eigenvalue weighted by Crippen LogP contribution is 2.26. The molecule has 0 heterocycles. The SMILES string of the molecule is CCNC(=NCc1ccccc1OC(F)(F)F)NCCCCOCCOC. The largest absolute Gasteiger partial charge is 0.573 e. The Balaban J connectivity index is 2.47. The Morgan fingerprint density at radius 3 is 2.56 bits per heavy atom. The summed E-state index contributed by atoms with van der Waals surface area (Å²) < 4.78 is 51.8. The molecule has 0 saturated carbocycles. The van der Waals surface area contributed by atoms with Crippen molar-refractivity contribution in [2.24, 2.45) is 4.99 Å². The molecule has 0 bridgehead atoms. The summed E-state index contributed by atoms with van der Waals surface area (Å²) in [7, 11) is 1.63. The Hall–Kier alpha value is -2.00. The first kappa shape index (κ1) is 23.0. The molecule has 6 nitrogen and oxygen atoms in total. The molecule has 0 fully saturated rings. The fourth-order valence-electron chi connectivity index (χ4n) is 2.14. The molecule has 0 aliphatic carbocycles. The van der Waals surface area contributed by atoms with Gasteiger partial charge in [0.15, 0.2) is 5.96 Å². The van der Waals surface area contributed by atoms with Crippen molar-refractivity contribution in [1.82, 2.24) is 10.6 Å². The molecule has 0 atom stereocenters. The maximum atomic E-state index is 12.5. The van der Waals surface area contributed by atoms with E-state index in [0.29, 0.717) is 44.4 Å². The molecule has 1 aromatic rings. The van der Waals surface area contributed by atoms with Crippen LogP contribution < -0.4 is 15.4 Å². The third kappa shape index (κ3) is 11.3. The van der Waals surface area contributed by atoms with Crippen LogP contribution >= 0.6 is 0 Å². The highest BCUT2D eigenvalue weighted by molar-refractivity contribution is 5.79. The van der Waals surface area contributed by atoms with E-state index >= 15 is 0 Å². The third-order valence-electron chi connectivity index (χ3n) is 3.39. The van der Waals surface area contributed by atoms with E-state index in [4.69, 9.17) is 9.47 Å². The number of para-hydroxylation sites is 1. The predicted molar refractivity (Wildman–Crippen MR) is 97.9 cm³/mol. The van der Waals surface area contributed by atoms with Crippen molar-refractivity contribution >= 4 is 5.96 Å². The van der Waals surface area contributed by atoms with Gasteiger partial charge in [-0.25, -0.2) is 4.99 Å². The highest BCUT2D eigenvalue weighted by atomic mass is 19.4. The lowest BCUT2D eigenvalue weighted by molar-refractivity contribution is -0.274. The number of nitrogens with one attached hydrogen (secondary N) is 2. The van der Waals surface area contributed by atoms with Crippen LogP contribution in [0, 0.1) is 0 Å². The van der Waals surface area contributed by atoms with Crippen molar-refractivity contribution in [2.45, 2.75) is 32.7 Å². The lowest BCUT2D eigenvalue weighted by Crippen LogP contribution is -2.37. The maximum Gasteiger partial charge on any atom is 0.573 e. The average molecular weight is 391 g/mol. The smallest absolute Gasteiger partial charge is 0.405 e. The van der Waals surface area contributed by atoms with Gasteiger partial charge in [0.25, 0.3) is 0 Å². The van der Waals surface area contributed by atoms with Crippen LogP contribution in [0.2, 0.25) is 0 Å². The van der Waals surface area contributed by atoms with Crippen molar-refractivity contribution in [1.29, 1.82) is 0 Å². The minimum atomic E-state index is -4.73. The lowest BCUT2D eigenvalue weighted by Gasteiger charge is -2.14. The normalized spacial score (nSPS) is 12.1. The van der Waals surface area contributed by atoms with Gasteiger partial charge in [0, 0.05) is 32.4 Å². The van der Waals surface area contributed by atoms with Gasteiger partial charge in [-0.1, -0.05) is 18.2 Å². The number of rotatable bonds is 12. The topological polar surface area (TPSA) is 64.1 Å². The fourth-order valence-corrected chi connectivity index (χ4v) is 2.14. The molecule has 0 aliphatic heterocycles. The number of ether oxygens (including phenoxy) is 3. The maximum absolute atomic E-state index is 12.5. The summed E-state index contributed by atoms with van der Waals surface area (Å²) in [6, 6.07) is 5.98. The second-order valence-electron chi connectivity index (χ2n) is 5.59. The van der Waals surface area contributed by atoms with E-state index in [1.165, 1.54) is 12.1 Å². The number of aliphatic imine (C=N–C) groups is 1. The first-order valence-corrected chi connectivity index (χ1v) is 8.88. The molecule has 0 saturated heterocycles. The monoisotopic (exact) mass is 391 g/mol. The van der Waals surface area contributed by atoms with Crippen molar-refractivity contribution in [3.8, 4) is 5.75 Å². The zero-order valence-electron chi connectivity index (χ0n) is 15.8. The number of hydrogen-bond donors (Lipinski definition) is 2. The van der Waals surface area contributed by atoms with E-state index in [0.717, 1.165) is 12.8 Å². The molecule has 1 aromatic carbocycles. The average Bonchev–Trinajstić information content (AvgIpc) is 2.61. The molecule has 27 heavy (non-hydrogen) atoms. The highest BCUT2D eigenvalue weighted by Gasteiger charge is 2.31. The first-order valence-electron chi connectivity index (χ1n) is 8.88. The van der Waals surface area contributed by atoms with Gasteiger partial charge in [0.1, 0.15) is 5.75 Å². The van der Waals surface area contributed by atoms with Gasteiger partial charge >= 0.3 is 6.36 Å². The van der Waals surface area contributed by atoms with Crippen LogP contribution in [0.25, 0.3) is 0 Å². The Morgan fingerprint density at radius 1 is 1.07 bits per heavy atom. The van der Waals surface area contributed by atoms with Crippen LogP contribution in [-0.4, -0.2) is 52.3 Å². The number of methoxy groups -OCH3 is 1. The van der Waals surface area contributed by atoms with E-state index in [-0.39, 0.29) is 12.3 Å². The van der Waals surface area contributed by atoms with Crippen LogP contribution in [0.15, 0.2) is 29.3 Å². The standard InChI is InChI=1S/C18H28F3N3O3/c1-3-22-17(23-10-6-7-11-26-13-12-25-2)24-14-15-8-4-5-9-16(15)27-18(19,20)21/h4-5,8-9H,3,6-7,10-14H2,1-2H3,(H2,22,23,24). The van der Waals surface area contributed by atoms with E-state index in [9.17, 15) is 13.2 Å². The molecule has 154 valence electrons. The Bertz CT molecular complexity index is 554. The van der Waals surface area contributed by atoms with Gasteiger partial charge in [-0.15, -0.1) is 13.2 Å². The van der Waals surface area contributed by atoms with Crippen LogP contribution in [0.1, 0.15) is 25.3 Å². The summed E-state index contributed by atoms with van der Waals surface area (Å²) in [6.45, 7) is 5.12. The molecule has 1 rings (SSSR count). The Kier molecular flexibility index (Phi) is 11.3.